The lowest BCUT2D eigenvalue weighted by molar-refractivity contribution is -0.120. The summed E-state index contributed by atoms with van der Waals surface area (Å²) in [6.07, 6.45) is 2.34. The molecular weight excluding hydrogens is 396 g/mol. The fraction of sp³-hybridized carbons (Fsp3) is 0.522. The van der Waals surface area contributed by atoms with Crippen molar-refractivity contribution >= 4 is 12.0 Å². The lowest BCUT2D eigenvalue weighted by atomic mass is 10.2. The molecule has 1 N–H and O–H groups in total. The van der Waals surface area contributed by atoms with Crippen LogP contribution in [-0.4, -0.2) is 71.7 Å². The van der Waals surface area contributed by atoms with E-state index in [1.54, 1.807) is 4.90 Å². The molecule has 8 nitrogen and oxygen atoms in total. The van der Waals surface area contributed by atoms with Crippen molar-refractivity contribution in [3.8, 4) is 11.5 Å². The number of hydrogen-bond donors (Lipinski definition) is 1. The Bertz CT molecular complexity index is 852. The van der Waals surface area contributed by atoms with Crippen molar-refractivity contribution in [2.75, 3.05) is 39.3 Å². The minimum atomic E-state index is -0.471. The van der Waals surface area contributed by atoms with E-state index in [4.69, 9.17) is 9.15 Å². The molecule has 3 rings (SSSR count). The van der Waals surface area contributed by atoms with E-state index in [-0.39, 0.29) is 18.4 Å². The summed E-state index contributed by atoms with van der Waals surface area (Å²) in [7, 11) is 0. The number of piperazine rings is 1. The van der Waals surface area contributed by atoms with E-state index in [2.05, 4.69) is 15.2 Å². The molecule has 0 bridgehead atoms. The van der Waals surface area contributed by atoms with Crippen LogP contribution in [0.25, 0.3) is 11.5 Å². The van der Waals surface area contributed by atoms with Gasteiger partial charge in [-0.05, 0) is 45.9 Å². The fourth-order valence-electron chi connectivity index (χ4n) is 3.34. The molecule has 31 heavy (non-hydrogen) atoms. The average Bonchev–Trinajstić information content (AvgIpc) is 3.19. The van der Waals surface area contributed by atoms with Crippen LogP contribution in [0, 0.1) is 0 Å². The van der Waals surface area contributed by atoms with Crippen LogP contribution >= 0.6 is 0 Å². The summed E-state index contributed by atoms with van der Waals surface area (Å²) in [6, 6.07) is 9.61. The summed E-state index contributed by atoms with van der Waals surface area (Å²) >= 11 is 0. The van der Waals surface area contributed by atoms with Crippen LogP contribution in [0.3, 0.4) is 0 Å². The van der Waals surface area contributed by atoms with Crippen LogP contribution < -0.4 is 5.32 Å². The third-order valence-corrected chi connectivity index (χ3v) is 4.91. The standard InChI is InChI=1S/C23H32N4O4/c1-23(2,3)31-22(29)27-14-12-26(13-15-27)11-7-10-24-20(28)16-19-17-30-21(25-19)18-8-5-4-6-9-18/h4-6,8-9,17H,7,10-16H2,1-3H3,(H,24,28). The number of carbonyl (C=O) groups excluding carboxylic acids is 2. The molecule has 0 saturated carbocycles. The highest BCUT2D eigenvalue weighted by atomic mass is 16.6. The second-order valence-corrected chi connectivity index (χ2v) is 8.70. The molecule has 0 radical (unpaired) electrons. The topological polar surface area (TPSA) is 87.9 Å². The maximum Gasteiger partial charge on any atom is 0.410 e. The second kappa shape index (κ2) is 10.4. The molecule has 1 aromatic heterocycles. The number of aromatic nitrogens is 1. The Hall–Kier alpha value is -2.87. The third kappa shape index (κ3) is 7.40. The molecule has 2 aromatic rings. The first-order valence-corrected chi connectivity index (χ1v) is 10.8. The van der Waals surface area contributed by atoms with Crippen molar-refractivity contribution in [2.24, 2.45) is 0 Å². The number of nitrogens with one attached hydrogen (secondary N) is 1. The Morgan fingerprint density at radius 3 is 2.52 bits per heavy atom. The predicted octanol–water partition coefficient (Wildman–Crippen LogP) is 2.94. The zero-order valence-electron chi connectivity index (χ0n) is 18.6. The highest BCUT2D eigenvalue weighted by Gasteiger charge is 2.25. The van der Waals surface area contributed by atoms with Crippen LogP contribution in [0.5, 0.6) is 0 Å². The summed E-state index contributed by atoms with van der Waals surface area (Å²) in [5.74, 6) is 0.455. The molecule has 1 saturated heterocycles. The molecule has 0 unspecified atom stereocenters. The molecule has 0 aliphatic carbocycles. The molecule has 168 valence electrons. The number of rotatable bonds is 7. The Morgan fingerprint density at radius 2 is 1.84 bits per heavy atom. The van der Waals surface area contributed by atoms with E-state index in [1.807, 2.05) is 51.1 Å². The monoisotopic (exact) mass is 428 g/mol. The summed E-state index contributed by atoms with van der Waals surface area (Å²) in [5, 5.41) is 2.94. The molecule has 0 atom stereocenters. The van der Waals surface area contributed by atoms with Crippen molar-refractivity contribution in [3.05, 3.63) is 42.3 Å². The van der Waals surface area contributed by atoms with Gasteiger partial charge in [0.05, 0.1) is 12.1 Å². The van der Waals surface area contributed by atoms with Crippen molar-refractivity contribution in [3.63, 3.8) is 0 Å². The number of nitrogens with zero attached hydrogens (tertiary/aromatic N) is 3. The Balaban J connectivity index is 1.30. The number of ether oxygens (including phenoxy) is 1. The molecule has 8 heteroatoms. The fourth-order valence-corrected chi connectivity index (χ4v) is 3.34. The highest BCUT2D eigenvalue weighted by Crippen LogP contribution is 2.18. The van der Waals surface area contributed by atoms with Gasteiger partial charge < -0.3 is 19.4 Å². The van der Waals surface area contributed by atoms with E-state index in [9.17, 15) is 9.59 Å². The van der Waals surface area contributed by atoms with Crippen LogP contribution in [0.2, 0.25) is 0 Å². The van der Waals surface area contributed by atoms with Crippen molar-refractivity contribution in [2.45, 2.75) is 39.2 Å². The van der Waals surface area contributed by atoms with Crippen molar-refractivity contribution in [1.29, 1.82) is 0 Å². The molecule has 1 fully saturated rings. The quantitative estimate of drug-likeness (QED) is 0.682. The lowest BCUT2D eigenvalue weighted by Gasteiger charge is -2.35. The first-order chi connectivity index (χ1) is 14.8. The van der Waals surface area contributed by atoms with Crippen LogP contribution in [0.15, 0.2) is 41.0 Å². The zero-order chi connectivity index (χ0) is 22.3. The molecule has 2 heterocycles. The van der Waals surface area contributed by atoms with Gasteiger partial charge in [0.25, 0.3) is 0 Å². The van der Waals surface area contributed by atoms with Gasteiger partial charge in [0.1, 0.15) is 11.9 Å². The Kier molecular flexibility index (Phi) is 7.68. The minimum absolute atomic E-state index is 0.0670. The summed E-state index contributed by atoms with van der Waals surface area (Å²) < 4.78 is 10.9. The zero-order valence-corrected chi connectivity index (χ0v) is 18.6. The average molecular weight is 429 g/mol. The minimum Gasteiger partial charge on any atom is -0.444 e. The number of hydrogen-bond acceptors (Lipinski definition) is 6. The number of carbonyl (C=O) groups is 2. The van der Waals surface area contributed by atoms with Gasteiger partial charge in [0.2, 0.25) is 11.8 Å². The third-order valence-electron chi connectivity index (χ3n) is 4.91. The van der Waals surface area contributed by atoms with Gasteiger partial charge in [-0.3, -0.25) is 9.69 Å². The van der Waals surface area contributed by atoms with Gasteiger partial charge in [-0.2, -0.15) is 0 Å². The second-order valence-electron chi connectivity index (χ2n) is 8.70. The molecule has 1 aliphatic rings. The summed E-state index contributed by atoms with van der Waals surface area (Å²) in [4.78, 5) is 32.7. The molecular formula is C23H32N4O4. The van der Waals surface area contributed by atoms with Gasteiger partial charge >= 0.3 is 6.09 Å². The number of benzene rings is 1. The SMILES string of the molecule is CC(C)(C)OC(=O)N1CCN(CCCNC(=O)Cc2coc(-c3ccccc3)n2)CC1. The van der Waals surface area contributed by atoms with E-state index < -0.39 is 5.60 Å². The predicted molar refractivity (Wildman–Crippen MR) is 118 cm³/mol. The van der Waals surface area contributed by atoms with Gasteiger partial charge in [-0.15, -0.1) is 0 Å². The van der Waals surface area contributed by atoms with Gasteiger partial charge in [0.15, 0.2) is 0 Å². The summed E-state index contributed by atoms with van der Waals surface area (Å²) in [6.45, 7) is 10.1. The lowest BCUT2D eigenvalue weighted by Crippen LogP contribution is -2.50. The van der Waals surface area contributed by atoms with E-state index >= 15 is 0 Å². The normalized spacial score (nSPS) is 15.0. The van der Waals surface area contributed by atoms with Gasteiger partial charge in [0, 0.05) is 38.3 Å². The largest absolute Gasteiger partial charge is 0.444 e. The maximum absolute atomic E-state index is 12.2. The van der Waals surface area contributed by atoms with E-state index in [1.165, 1.54) is 6.26 Å². The summed E-state index contributed by atoms with van der Waals surface area (Å²) in [5.41, 5.74) is 1.04. The highest BCUT2D eigenvalue weighted by molar-refractivity contribution is 5.78. The Labute approximate surface area is 183 Å². The van der Waals surface area contributed by atoms with Crippen molar-refractivity contribution < 1.29 is 18.7 Å². The maximum atomic E-state index is 12.2. The van der Waals surface area contributed by atoms with Crippen LogP contribution in [0.1, 0.15) is 32.9 Å². The Morgan fingerprint density at radius 1 is 1.13 bits per heavy atom. The molecule has 1 aromatic carbocycles. The van der Waals surface area contributed by atoms with Crippen LogP contribution in [0.4, 0.5) is 4.79 Å². The first kappa shape index (κ1) is 22.8. The van der Waals surface area contributed by atoms with E-state index in [0.29, 0.717) is 31.2 Å². The van der Waals surface area contributed by atoms with Crippen molar-refractivity contribution in [1.82, 2.24) is 20.1 Å². The molecule has 2 amide bonds. The van der Waals surface area contributed by atoms with E-state index in [0.717, 1.165) is 31.6 Å². The first-order valence-electron chi connectivity index (χ1n) is 10.8. The molecule has 0 spiro atoms. The smallest absolute Gasteiger partial charge is 0.410 e. The van der Waals surface area contributed by atoms with Crippen LogP contribution in [-0.2, 0) is 16.0 Å². The molecule has 1 aliphatic heterocycles. The van der Waals surface area contributed by atoms with Gasteiger partial charge in [-0.1, -0.05) is 18.2 Å². The number of amides is 2. The number of oxazole rings is 1. The van der Waals surface area contributed by atoms with Gasteiger partial charge in [-0.25, -0.2) is 9.78 Å².